The summed E-state index contributed by atoms with van der Waals surface area (Å²) >= 11 is 0. The van der Waals surface area contributed by atoms with E-state index in [9.17, 15) is 10.1 Å². The molecule has 0 atom stereocenters. The first-order valence-corrected chi connectivity index (χ1v) is 9.40. The number of hydrogen-bond donors (Lipinski definition) is 2. The third-order valence-electron chi connectivity index (χ3n) is 4.31. The van der Waals surface area contributed by atoms with Crippen molar-refractivity contribution in [2.45, 2.75) is 34.2 Å². The van der Waals surface area contributed by atoms with Gasteiger partial charge in [-0.1, -0.05) is 6.58 Å². The number of anilines is 2. The van der Waals surface area contributed by atoms with E-state index >= 15 is 0 Å². The molecule has 1 aromatic carbocycles. The van der Waals surface area contributed by atoms with Crippen LogP contribution in [0.4, 0.5) is 22.9 Å². The van der Waals surface area contributed by atoms with Crippen LogP contribution in [0.1, 0.15) is 39.0 Å². The Labute approximate surface area is 170 Å². The van der Waals surface area contributed by atoms with Crippen LogP contribution < -0.4 is 16.0 Å². The van der Waals surface area contributed by atoms with E-state index in [1.165, 1.54) is 11.6 Å². The van der Waals surface area contributed by atoms with Gasteiger partial charge in [-0.3, -0.25) is 4.79 Å². The van der Waals surface area contributed by atoms with Crippen LogP contribution in [0.3, 0.4) is 0 Å². The van der Waals surface area contributed by atoms with E-state index in [4.69, 9.17) is 5.73 Å². The summed E-state index contributed by atoms with van der Waals surface area (Å²) in [6, 6.07) is 7.63. The number of nitrogens with two attached hydrogens (primary N) is 1. The van der Waals surface area contributed by atoms with Crippen LogP contribution in [0.25, 0.3) is 5.70 Å². The number of carbonyl (C=O) groups excluding carboxylic acids is 1. The second-order valence-electron chi connectivity index (χ2n) is 6.25. The fourth-order valence-corrected chi connectivity index (χ4v) is 2.89. The molecule has 29 heavy (non-hydrogen) atoms. The predicted octanol–water partition coefficient (Wildman–Crippen LogP) is 3.92. The highest BCUT2D eigenvalue weighted by Gasteiger charge is 2.18. The van der Waals surface area contributed by atoms with Crippen molar-refractivity contribution in [3.63, 3.8) is 0 Å². The van der Waals surface area contributed by atoms with Crippen molar-refractivity contribution in [2.24, 2.45) is 16.0 Å². The van der Waals surface area contributed by atoms with Gasteiger partial charge in [-0.05, 0) is 39.0 Å². The van der Waals surface area contributed by atoms with E-state index in [-0.39, 0.29) is 23.0 Å². The van der Waals surface area contributed by atoms with E-state index < -0.39 is 0 Å². The number of nitrogens with zero attached hydrogens (tertiary/aromatic N) is 6. The number of rotatable bonds is 8. The first-order valence-electron chi connectivity index (χ1n) is 9.40. The molecule has 3 N–H and O–H groups in total. The number of azo groups is 1. The number of nitriles is 1. The van der Waals surface area contributed by atoms with Gasteiger partial charge in [0, 0.05) is 32.2 Å². The maximum atomic E-state index is 11.7. The summed E-state index contributed by atoms with van der Waals surface area (Å²) in [6.07, 6.45) is 0. The average Bonchev–Trinajstić information content (AvgIpc) is 3.05. The second-order valence-corrected chi connectivity index (χ2v) is 6.25. The molecule has 1 amide bonds. The number of aromatic nitrogens is 2. The van der Waals surface area contributed by atoms with E-state index in [2.05, 4.69) is 52.0 Å². The van der Waals surface area contributed by atoms with E-state index in [0.29, 0.717) is 23.6 Å². The van der Waals surface area contributed by atoms with Gasteiger partial charge in [-0.15, -0.1) is 10.2 Å². The summed E-state index contributed by atoms with van der Waals surface area (Å²) in [5.41, 5.74) is 8.41. The average molecular weight is 394 g/mol. The molecule has 0 aliphatic rings. The Morgan fingerprint density at radius 3 is 2.55 bits per heavy atom. The molecule has 0 aliphatic carbocycles. The SMILES string of the molecule is C=C(N)c1nn(CC)c(/N=N\c2ccc(N(CC)CC)cc2NC(C)=O)c1C#N. The van der Waals surface area contributed by atoms with Crippen LogP contribution in [0.5, 0.6) is 0 Å². The van der Waals surface area contributed by atoms with Crippen LogP contribution >= 0.6 is 0 Å². The van der Waals surface area contributed by atoms with Crippen molar-refractivity contribution in [2.75, 3.05) is 23.3 Å². The lowest BCUT2D eigenvalue weighted by atomic mass is 10.2. The molecule has 0 saturated heterocycles. The molecule has 0 radical (unpaired) electrons. The van der Waals surface area contributed by atoms with Gasteiger partial charge >= 0.3 is 0 Å². The number of aryl methyl sites for hydroxylation is 1. The third kappa shape index (κ3) is 4.79. The molecule has 0 saturated carbocycles. The highest BCUT2D eigenvalue weighted by molar-refractivity contribution is 5.93. The first kappa shape index (κ1) is 21.6. The van der Waals surface area contributed by atoms with Crippen LogP contribution in [-0.2, 0) is 11.3 Å². The van der Waals surface area contributed by atoms with Gasteiger partial charge in [0.05, 0.1) is 11.4 Å². The molecule has 2 aromatic rings. The Morgan fingerprint density at radius 1 is 1.34 bits per heavy atom. The Bertz CT molecular complexity index is 979. The zero-order chi connectivity index (χ0) is 21.6. The van der Waals surface area contributed by atoms with E-state index in [1.807, 2.05) is 19.1 Å². The van der Waals surface area contributed by atoms with Gasteiger partial charge in [-0.25, -0.2) is 4.68 Å². The molecule has 0 aliphatic heterocycles. The van der Waals surface area contributed by atoms with Crippen LogP contribution in [0, 0.1) is 11.3 Å². The van der Waals surface area contributed by atoms with Crippen LogP contribution in [0.2, 0.25) is 0 Å². The van der Waals surface area contributed by atoms with Gasteiger partial charge in [0.1, 0.15) is 23.0 Å². The molecule has 0 fully saturated rings. The molecule has 1 aromatic heterocycles. The lowest BCUT2D eigenvalue weighted by Gasteiger charge is -2.22. The highest BCUT2D eigenvalue weighted by atomic mass is 16.1. The zero-order valence-electron chi connectivity index (χ0n) is 17.2. The molecule has 9 heteroatoms. The maximum Gasteiger partial charge on any atom is 0.221 e. The summed E-state index contributed by atoms with van der Waals surface area (Å²) in [5.74, 6) is 0.0781. The number of hydrogen-bond acceptors (Lipinski definition) is 7. The number of nitrogens with one attached hydrogen (secondary N) is 1. The molecule has 2 rings (SSSR count). The number of benzene rings is 1. The number of amides is 1. The largest absolute Gasteiger partial charge is 0.397 e. The smallest absolute Gasteiger partial charge is 0.221 e. The molecule has 0 bridgehead atoms. The highest BCUT2D eigenvalue weighted by Crippen LogP contribution is 2.33. The normalized spacial score (nSPS) is 10.7. The summed E-state index contributed by atoms with van der Waals surface area (Å²) in [5, 5.41) is 25.1. The molecule has 1 heterocycles. The van der Waals surface area contributed by atoms with Crippen molar-refractivity contribution in [1.82, 2.24) is 9.78 Å². The summed E-state index contributed by atoms with van der Waals surface area (Å²) in [4.78, 5) is 13.8. The molecule has 0 unspecified atom stereocenters. The topological polar surface area (TPSA) is 125 Å². The maximum absolute atomic E-state index is 11.7. The Hall–Kier alpha value is -3.67. The van der Waals surface area contributed by atoms with Crippen molar-refractivity contribution >= 4 is 34.5 Å². The summed E-state index contributed by atoms with van der Waals surface area (Å²) in [7, 11) is 0. The second kappa shape index (κ2) is 9.50. The summed E-state index contributed by atoms with van der Waals surface area (Å²) in [6.45, 7) is 13.2. The Morgan fingerprint density at radius 2 is 2.03 bits per heavy atom. The minimum absolute atomic E-state index is 0.188. The van der Waals surface area contributed by atoms with Gasteiger partial charge < -0.3 is 16.0 Å². The molecule has 152 valence electrons. The fraction of sp³-hybridized carbons (Fsp3) is 0.350. The van der Waals surface area contributed by atoms with Gasteiger partial charge in [0.25, 0.3) is 0 Å². The lowest BCUT2D eigenvalue weighted by Crippen LogP contribution is -2.21. The van der Waals surface area contributed by atoms with Gasteiger partial charge in [0.15, 0.2) is 5.82 Å². The van der Waals surface area contributed by atoms with Gasteiger partial charge in [0.2, 0.25) is 5.91 Å². The third-order valence-corrected chi connectivity index (χ3v) is 4.31. The minimum atomic E-state index is -0.212. The van der Waals surface area contributed by atoms with Crippen molar-refractivity contribution in [3.05, 3.63) is 36.0 Å². The van der Waals surface area contributed by atoms with Crippen LogP contribution in [0.15, 0.2) is 35.0 Å². The first-order chi connectivity index (χ1) is 13.9. The van der Waals surface area contributed by atoms with E-state index in [1.54, 1.807) is 6.07 Å². The molecule has 9 nitrogen and oxygen atoms in total. The van der Waals surface area contributed by atoms with Gasteiger partial charge in [-0.2, -0.15) is 10.4 Å². The van der Waals surface area contributed by atoms with Crippen molar-refractivity contribution < 1.29 is 4.79 Å². The number of carbonyl (C=O) groups is 1. The monoisotopic (exact) mass is 394 g/mol. The zero-order valence-corrected chi connectivity index (χ0v) is 17.2. The van der Waals surface area contributed by atoms with E-state index in [0.717, 1.165) is 18.8 Å². The summed E-state index contributed by atoms with van der Waals surface area (Å²) < 4.78 is 1.54. The van der Waals surface area contributed by atoms with Crippen LogP contribution in [-0.4, -0.2) is 28.8 Å². The fourth-order valence-electron chi connectivity index (χ4n) is 2.89. The molecular formula is C20H26N8O. The predicted molar refractivity (Wildman–Crippen MR) is 114 cm³/mol. The lowest BCUT2D eigenvalue weighted by molar-refractivity contribution is -0.114. The standard InChI is InChI=1S/C20H26N8O/c1-6-27(7-2)15-9-10-17(18(11-15)23-14(5)29)24-25-20-16(12-21)19(13(4)22)26-28(20)8-3/h9-11H,4,6-8,22H2,1-3,5H3,(H,23,29)/b25-24-. The Kier molecular flexibility index (Phi) is 7.09. The molecular weight excluding hydrogens is 368 g/mol. The van der Waals surface area contributed by atoms with Crippen molar-refractivity contribution in [3.8, 4) is 6.07 Å². The Balaban J connectivity index is 2.53. The quantitative estimate of drug-likeness (QED) is 0.656. The van der Waals surface area contributed by atoms with Crippen molar-refractivity contribution in [1.29, 1.82) is 5.26 Å². The molecule has 0 spiro atoms. The minimum Gasteiger partial charge on any atom is -0.397 e.